The van der Waals surface area contributed by atoms with Crippen LogP contribution in [0, 0.1) is 0 Å². The molecule has 2 N–H and O–H groups in total. The third-order valence-electron chi connectivity index (χ3n) is 4.34. The molecule has 162 valence electrons. The second-order valence-corrected chi connectivity index (χ2v) is 9.42. The summed E-state index contributed by atoms with van der Waals surface area (Å²) in [5.74, 6) is 0.736. The van der Waals surface area contributed by atoms with Gasteiger partial charge in [0, 0.05) is 21.5 Å². The Kier molecular flexibility index (Phi) is 7.21. The zero-order valence-electron chi connectivity index (χ0n) is 17.0. The molecule has 2 aromatic carbocycles. The van der Waals surface area contributed by atoms with E-state index in [2.05, 4.69) is 15.6 Å². The largest absolute Gasteiger partial charge is 0.497 e. The lowest BCUT2D eigenvalue weighted by molar-refractivity contribution is -0.113. The number of thiazole rings is 1. The van der Waals surface area contributed by atoms with E-state index in [9.17, 15) is 9.59 Å². The molecule has 0 spiro atoms. The smallest absolute Gasteiger partial charge is 0.265 e. The minimum atomic E-state index is -0.142. The summed E-state index contributed by atoms with van der Waals surface area (Å²) in [5.41, 5.74) is 2.45. The lowest BCUT2D eigenvalue weighted by atomic mass is 10.2. The van der Waals surface area contributed by atoms with Crippen LogP contribution in [0.15, 0.2) is 76.3 Å². The van der Waals surface area contributed by atoms with Crippen molar-refractivity contribution in [2.75, 3.05) is 23.5 Å². The van der Waals surface area contributed by atoms with Crippen LogP contribution in [0.3, 0.4) is 0 Å². The zero-order valence-corrected chi connectivity index (χ0v) is 19.5. The Hall–Kier alpha value is -3.14. The molecule has 6 nitrogen and oxygen atoms in total. The van der Waals surface area contributed by atoms with Crippen molar-refractivity contribution in [3.05, 3.63) is 76.3 Å². The van der Waals surface area contributed by atoms with Gasteiger partial charge >= 0.3 is 0 Å². The fourth-order valence-corrected chi connectivity index (χ4v) is 4.90. The summed E-state index contributed by atoms with van der Waals surface area (Å²) in [6.07, 6.45) is 0. The Bertz CT molecular complexity index is 1200. The monoisotopic (exact) mass is 481 g/mol. The molecule has 0 radical (unpaired) electrons. The summed E-state index contributed by atoms with van der Waals surface area (Å²) in [6.45, 7) is 0. The predicted molar refractivity (Wildman–Crippen MR) is 132 cm³/mol. The highest BCUT2D eigenvalue weighted by atomic mass is 32.2. The van der Waals surface area contributed by atoms with Crippen LogP contribution in [0.2, 0.25) is 0 Å². The van der Waals surface area contributed by atoms with Gasteiger partial charge in [-0.05, 0) is 53.9 Å². The molecule has 0 aliphatic rings. The van der Waals surface area contributed by atoms with E-state index in [0.29, 0.717) is 15.7 Å². The van der Waals surface area contributed by atoms with Crippen molar-refractivity contribution in [2.45, 2.75) is 4.90 Å². The molecule has 2 amide bonds. The number of nitrogens with one attached hydrogen (secondary N) is 2. The van der Waals surface area contributed by atoms with Gasteiger partial charge in [-0.25, -0.2) is 4.98 Å². The minimum Gasteiger partial charge on any atom is -0.497 e. The maximum atomic E-state index is 12.4. The number of carbonyl (C=O) groups is 2. The second kappa shape index (κ2) is 10.4. The van der Waals surface area contributed by atoms with Crippen LogP contribution in [-0.2, 0) is 4.79 Å². The number of methoxy groups -OCH3 is 1. The van der Waals surface area contributed by atoms with Gasteiger partial charge in [0.1, 0.15) is 5.75 Å². The number of nitrogens with zero attached hydrogens (tertiary/aromatic N) is 1. The van der Waals surface area contributed by atoms with Crippen molar-refractivity contribution in [3.8, 4) is 17.0 Å². The van der Waals surface area contributed by atoms with Crippen LogP contribution < -0.4 is 15.4 Å². The van der Waals surface area contributed by atoms with E-state index >= 15 is 0 Å². The van der Waals surface area contributed by atoms with Gasteiger partial charge in [0.25, 0.3) is 5.91 Å². The molecule has 32 heavy (non-hydrogen) atoms. The van der Waals surface area contributed by atoms with E-state index in [1.165, 1.54) is 34.4 Å². The number of thioether (sulfide) groups is 1. The normalized spacial score (nSPS) is 10.5. The first-order chi connectivity index (χ1) is 15.6. The molecular weight excluding hydrogens is 462 g/mol. The number of hydrogen-bond donors (Lipinski definition) is 2. The van der Waals surface area contributed by atoms with Crippen molar-refractivity contribution in [3.63, 3.8) is 0 Å². The Morgan fingerprint density at radius 3 is 2.62 bits per heavy atom. The van der Waals surface area contributed by atoms with Gasteiger partial charge in [-0.15, -0.1) is 34.4 Å². The van der Waals surface area contributed by atoms with Crippen molar-refractivity contribution in [2.24, 2.45) is 0 Å². The third-order valence-corrected chi connectivity index (χ3v) is 6.96. The topological polar surface area (TPSA) is 80.3 Å². The van der Waals surface area contributed by atoms with Crippen LogP contribution in [0.5, 0.6) is 5.75 Å². The highest BCUT2D eigenvalue weighted by Crippen LogP contribution is 2.27. The molecule has 0 saturated heterocycles. The lowest BCUT2D eigenvalue weighted by Gasteiger charge is -2.06. The van der Waals surface area contributed by atoms with Crippen LogP contribution >= 0.6 is 34.4 Å². The highest BCUT2D eigenvalue weighted by molar-refractivity contribution is 8.00. The van der Waals surface area contributed by atoms with E-state index in [1.807, 2.05) is 65.4 Å². The van der Waals surface area contributed by atoms with Gasteiger partial charge in [0.15, 0.2) is 5.13 Å². The molecule has 4 rings (SSSR count). The van der Waals surface area contributed by atoms with Crippen LogP contribution in [0.4, 0.5) is 10.8 Å². The maximum Gasteiger partial charge on any atom is 0.265 e. The average Bonchev–Trinajstić information content (AvgIpc) is 3.51. The van der Waals surface area contributed by atoms with Gasteiger partial charge < -0.3 is 15.4 Å². The molecule has 0 atom stereocenters. The summed E-state index contributed by atoms with van der Waals surface area (Å²) in [7, 11) is 1.63. The number of benzene rings is 2. The van der Waals surface area contributed by atoms with Crippen molar-refractivity contribution in [1.29, 1.82) is 0 Å². The Balaban J connectivity index is 1.30. The second-order valence-electron chi connectivity index (χ2n) is 6.56. The van der Waals surface area contributed by atoms with E-state index in [1.54, 1.807) is 13.2 Å². The lowest BCUT2D eigenvalue weighted by Crippen LogP contribution is -2.13. The average molecular weight is 482 g/mol. The van der Waals surface area contributed by atoms with Gasteiger partial charge in [-0.1, -0.05) is 12.1 Å². The van der Waals surface area contributed by atoms with Crippen molar-refractivity contribution >= 4 is 57.1 Å². The van der Waals surface area contributed by atoms with E-state index in [0.717, 1.165) is 21.9 Å². The van der Waals surface area contributed by atoms with Crippen LogP contribution in [-0.4, -0.2) is 29.7 Å². The molecule has 9 heteroatoms. The highest BCUT2D eigenvalue weighted by Gasteiger charge is 2.10. The number of carbonyl (C=O) groups excluding carboxylic acids is 2. The van der Waals surface area contributed by atoms with Gasteiger partial charge in [-0.2, -0.15) is 0 Å². The summed E-state index contributed by atoms with van der Waals surface area (Å²) >= 11 is 4.17. The quantitative estimate of drug-likeness (QED) is 0.308. The molecule has 4 aromatic rings. The Morgan fingerprint density at radius 2 is 1.88 bits per heavy atom. The first kappa shape index (κ1) is 22.1. The van der Waals surface area contributed by atoms with Gasteiger partial charge in [0.05, 0.1) is 23.4 Å². The number of rotatable bonds is 8. The molecular formula is C23H19N3O3S3. The number of ether oxygens (including phenoxy) is 1. The number of hydrogen-bond acceptors (Lipinski definition) is 7. The molecule has 0 fully saturated rings. The first-order valence-electron chi connectivity index (χ1n) is 9.58. The van der Waals surface area contributed by atoms with Gasteiger partial charge in [0.2, 0.25) is 5.91 Å². The number of anilines is 2. The fourth-order valence-electron chi connectivity index (χ4n) is 2.79. The molecule has 0 aliphatic carbocycles. The van der Waals surface area contributed by atoms with Gasteiger partial charge in [-0.3, -0.25) is 9.59 Å². The minimum absolute atomic E-state index is 0.140. The summed E-state index contributed by atoms with van der Waals surface area (Å²) in [4.78, 5) is 30.6. The molecule has 2 heterocycles. The van der Waals surface area contributed by atoms with Crippen LogP contribution in [0.1, 0.15) is 9.67 Å². The van der Waals surface area contributed by atoms with E-state index < -0.39 is 0 Å². The Labute approximate surface area is 197 Å². The number of amides is 2. The molecule has 0 saturated carbocycles. The fraction of sp³-hybridized carbons (Fsp3) is 0.0870. The summed E-state index contributed by atoms with van der Waals surface area (Å²) in [5, 5.41) is 10.0. The molecule has 0 aliphatic heterocycles. The summed E-state index contributed by atoms with van der Waals surface area (Å²) in [6, 6.07) is 18.7. The van der Waals surface area contributed by atoms with E-state index in [4.69, 9.17) is 4.74 Å². The van der Waals surface area contributed by atoms with Crippen molar-refractivity contribution in [1.82, 2.24) is 4.98 Å². The molecule has 0 unspecified atom stereocenters. The van der Waals surface area contributed by atoms with Crippen LogP contribution in [0.25, 0.3) is 11.3 Å². The zero-order chi connectivity index (χ0) is 22.3. The molecule has 2 aromatic heterocycles. The summed E-state index contributed by atoms with van der Waals surface area (Å²) < 4.78 is 5.17. The number of aromatic nitrogens is 1. The van der Waals surface area contributed by atoms with Crippen molar-refractivity contribution < 1.29 is 14.3 Å². The SMILES string of the molecule is COc1ccc(-c2csc(NC(=O)CSc3cccc(NC(=O)c4cccs4)c3)n2)cc1. The number of thiophene rings is 1. The Morgan fingerprint density at radius 1 is 1.03 bits per heavy atom. The third kappa shape index (κ3) is 5.76. The standard InChI is InChI=1S/C23H19N3O3S3/c1-29-17-9-7-15(8-10-17)19-13-32-23(25-19)26-21(27)14-31-18-5-2-4-16(12-18)24-22(28)20-6-3-11-30-20/h2-13H,14H2,1H3,(H,24,28)(H,25,26,27). The predicted octanol–water partition coefficient (Wildman–Crippen LogP) is 5.86. The maximum absolute atomic E-state index is 12.4. The van der Waals surface area contributed by atoms with E-state index in [-0.39, 0.29) is 17.6 Å². The first-order valence-corrected chi connectivity index (χ1v) is 12.3. The molecule has 0 bridgehead atoms.